The number of nitrogens with one attached hydrogen (secondary N) is 2. The molecule has 0 unspecified atom stereocenters. The minimum Gasteiger partial charge on any atom is -0.341 e. The Hall–Kier alpha value is -2.30. The number of H-pyrrole nitrogens is 1. The lowest BCUT2D eigenvalue weighted by Crippen LogP contribution is -2.33. The fourth-order valence-corrected chi connectivity index (χ4v) is 2.64. The van der Waals surface area contributed by atoms with Crippen molar-refractivity contribution in [1.29, 1.82) is 0 Å². The van der Waals surface area contributed by atoms with Gasteiger partial charge in [-0.1, -0.05) is 35.5 Å². The Morgan fingerprint density at radius 3 is 2.75 bits per heavy atom. The van der Waals surface area contributed by atoms with Crippen LogP contribution in [-0.2, 0) is 6.54 Å². The number of halogens is 1. The number of aromatic amines is 1. The number of hydrogen-bond donors (Lipinski definition) is 4. The first-order chi connectivity index (χ1) is 11.5. The van der Waals surface area contributed by atoms with Crippen LogP contribution in [0.4, 0.5) is 5.95 Å². The topological polar surface area (TPSA) is 138 Å². The van der Waals surface area contributed by atoms with E-state index in [2.05, 4.69) is 25.5 Å². The molecule has 0 radical (unpaired) electrons. The molecule has 1 heterocycles. The Morgan fingerprint density at radius 1 is 1.42 bits per heavy atom. The lowest BCUT2D eigenvalue weighted by molar-refractivity contribution is 0.790. The summed E-state index contributed by atoms with van der Waals surface area (Å²) in [7, 11) is 1.82. The predicted octanol–water partition coefficient (Wildman–Crippen LogP) is 0.282. The Kier molecular flexibility index (Phi) is 6.41. The van der Waals surface area contributed by atoms with Gasteiger partial charge >= 0.3 is 5.69 Å². The monoisotopic (exact) mass is 368 g/mol. The zero-order valence-electron chi connectivity index (χ0n) is 12.9. The number of hydrazine groups is 1. The molecule has 24 heavy (non-hydrogen) atoms. The summed E-state index contributed by atoms with van der Waals surface area (Å²) < 4.78 is 0. The molecule has 2 rings (SSSR count). The van der Waals surface area contributed by atoms with Crippen molar-refractivity contribution in [3.63, 3.8) is 0 Å². The minimum absolute atomic E-state index is 0.299. The summed E-state index contributed by atoms with van der Waals surface area (Å²) in [6.45, 7) is 0.550. The van der Waals surface area contributed by atoms with Crippen LogP contribution in [-0.4, -0.2) is 33.6 Å². The van der Waals surface area contributed by atoms with E-state index >= 15 is 0 Å². The molecule has 9 nitrogen and oxygen atoms in total. The number of benzene rings is 1. The Labute approximate surface area is 147 Å². The van der Waals surface area contributed by atoms with Gasteiger partial charge in [0, 0.05) is 18.6 Å². The average Bonchev–Trinajstić information content (AvgIpc) is 2.57. The first-order valence-electron chi connectivity index (χ1n) is 6.82. The first-order valence-corrected chi connectivity index (χ1v) is 8.18. The van der Waals surface area contributed by atoms with E-state index in [0.29, 0.717) is 34.3 Å². The zero-order chi connectivity index (χ0) is 17.5. The van der Waals surface area contributed by atoms with Crippen LogP contribution in [0.3, 0.4) is 0 Å². The molecule has 0 amide bonds. The second-order valence-corrected chi connectivity index (χ2v) is 6.13. The van der Waals surface area contributed by atoms with Gasteiger partial charge < -0.3 is 16.2 Å². The summed E-state index contributed by atoms with van der Waals surface area (Å²) in [5.41, 5.74) is 2.89. The van der Waals surface area contributed by atoms with Crippen LogP contribution in [0.5, 0.6) is 0 Å². The second kappa shape index (κ2) is 8.52. The molecule has 0 bridgehead atoms. The first kappa shape index (κ1) is 18.0. The number of nitrogens with zero attached hydrogens (tertiary/aromatic N) is 4. The van der Waals surface area contributed by atoms with Crippen LogP contribution < -0.4 is 27.7 Å². The van der Waals surface area contributed by atoms with Crippen molar-refractivity contribution in [2.24, 2.45) is 16.8 Å². The van der Waals surface area contributed by atoms with E-state index in [1.807, 2.05) is 31.3 Å². The van der Waals surface area contributed by atoms with Gasteiger partial charge in [0.15, 0.2) is 5.16 Å². The van der Waals surface area contributed by atoms with Gasteiger partial charge in [0.2, 0.25) is 5.95 Å². The summed E-state index contributed by atoms with van der Waals surface area (Å²) in [6.07, 6.45) is 0. The number of rotatable bonds is 6. The van der Waals surface area contributed by atoms with Crippen molar-refractivity contribution in [3.8, 4) is 0 Å². The number of anilines is 1. The SMILES string of the molecule is CN(Cc1ccc(Cl)cc1)c1nc(SC/C(=N/N)NN)nc(=O)[nH]1. The highest BCUT2D eigenvalue weighted by molar-refractivity contribution is 7.99. The normalized spacial score (nSPS) is 11.4. The number of nitrogens with two attached hydrogens (primary N) is 2. The lowest BCUT2D eigenvalue weighted by Gasteiger charge is -2.17. The van der Waals surface area contributed by atoms with E-state index in [9.17, 15) is 4.79 Å². The lowest BCUT2D eigenvalue weighted by atomic mass is 10.2. The van der Waals surface area contributed by atoms with E-state index in [4.69, 9.17) is 23.3 Å². The van der Waals surface area contributed by atoms with Gasteiger partial charge in [0.05, 0.1) is 5.75 Å². The second-order valence-electron chi connectivity index (χ2n) is 4.75. The molecule has 0 saturated heterocycles. The summed E-state index contributed by atoms with van der Waals surface area (Å²) in [5.74, 6) is 11.5. The van der Waals surface area contributed by atoms with Crippen molar-refractivity contribution in [2.75, 3.05) is 17.7 Å². The van der Waals surface area contributed by atoms with E-state index in [0.717, 1.165) is 5.56 Å². The molecule has 11 heteroatoms. The highest BCUT2D eigenvalue weighted by Gasteiger charge is 2.10. The number of thioether (sulfide) groups is 1. The minimum atomic E-state index is -0.489. The third kappa shape index (κ3) is 5.11. The number of hydrazone groups is 1. The average molecular weight is 369 g/mol. The van der Waals surface area contributed by atoms with E-state index in [1.54, 1.807) is 4.90 Å². The van der Waals surface area contributed by atoms with Gasteiger partial charge in [0.1, 0.15) is 5.84 Å². The van der Waals surface area contributed by atoms with Crippen LogP contribution >= 0.6 is 23.4 Å². The maximum absolute atomic E-state index is 11.7. The van der Waals surface area contributed by atoms with Crippen molar-refractivity contribution >= 4 is 35.1 Å². The maximum atomic E-state index is 11.7. The van der Waals surface area contributed by atoms with Crippen LogP contribution in [0.1, 0.15) is 5.56 Å². The van der Waals surface area contributed by atoms with Crippen molar-refractivity contribution < 1.29 is 0 Å². The number of amidine groups is 1. The Balaban J connectivity index is 2.11. The quantitative estimate of drug-likeness (QED) is 0.187. The van der Waals surface area contributed by atoms with Crippen LogP contribution in [0, 0.1) is 0 Å². The summed E-state index contributed by atoms with van der Waals surface area (Å²) in [4.78, 5) is 24.3. The maximum Gasteiger partial charge on any atom is 0.350 e. The highest BCUT2D eigenvalue weighted by Crippen LogP contribution is 2.16. The molecule has 1 aromatic heterocycles. The molecular weight excluding hydrogens is 352 g/mol. The van der Waals surface area contributed by atoms with Crippen molar-refractivity contribution in [2.45, 2.75) is 11.7 Å². The summed E-state index contributed by atoms with van der Waals surface area (Å²) >= 11 is 7.07. The third-order valence-corrected chi connectivity index (χ3v) is 4.08. The van der Waals surface area contributed by atoms with Gasteiger partial charge in [-0.3, -0.25) is 4.98 Å². The molecule has 6 N–H and O–H groups in total. The third-order valence-electron chi connectivity index (χ3n) is 2.97. The van der Waals surface area contributed by atoms with Gasteiger partial charge in [-0.25, -0.2) is 10.6 Å². The van der Waals surface area contributed by atoms with Crippen molar-refractivity contribution in [3.05, 3.63) is 45.3 Å². The predicted molar refractivity (Wildman–Crippen MR) is 95.9 cm³/mol. The Morgan fingerprint density at radius 2 is 2.12 bits per heavy atom. The fraction of sp³-hybridized carbons (Fsp3) is 0.231. The standard InChI is InChI=1S/C13H17ClN8OS/c1-22(6-8-2-4-9(14)5-3-8)11-17-12(23)19-13(18-11)24-7-10(20-15)21-16/h2-5H,6-7,15-16H2,1H3,(H,20,21)(H,17,18,19,23). The van der Waals surface area contributed by atoms with Crippen molar-refractivity contribution in [1.82, 2.24) is 20.4 Å². The molecule has 0 saturated carbocycles. The largest absolute Gasteiger partial charge is 0.350 e. The number of aromatic nitrogens is 3. The molecule has 0 aliphatic carbocycles. The van der Waals surface area contributed by atoms with Gasteiger partial charge in [-0.2, -0.15) is 15.1 Å². The smallest absolute Gasteiger partial charge is 0.341 e. The summed E-state index contributed by atoms with van der Waals surface area (Å²) in [5, 5.41) is 4.43. The molecule has 2 aromatic rings. The fourth-order valence-electron chi connectivity index (χ4n) is 1.79. The van der Waals surface area contributed by atoms with Crippen LogP contribution in [0.15, 0.2) is 39.3 Å². The van der Waals surface area contributed by atoms with E-state index < -0.39 is 5.69 Å². The van der Waals surface area contributed by atoms with Crippen LogP contribution in [0.2, 0.25) is 5.02 Å². The van der Waals surface area contributed by atoms with Gasteiger partial charge in [-0.05, 0) is 17.7 Å². The molecule has 0 aliphatic heterocycles. The molecule has 0 spiro atoms. The van der Waals surface area contributed by atoms with Gasteiger partial charge in [0.25, 0.3) is 0 Å². The Bertz CT molecular complexity index is 763. The zero-order valence-corrected chi connectivity index (χ0v) is 14.4. The summed E-state index contributed by atoms with van der Waals surface area (Å²) in [6, 6.07) is 7.43. The molecule has 0 fully saturated rings. The molecule has 128 valence electrons. The van der Waals surface area contributed by atoms with Crippen LogP contribution in [0.25, 0.3) is 0 Å². The van der Waals surface area contributed by atoms with E-state index in [1.165, 1.54) is 11.8 Å². The molecule has 0 atom stereocenters. The molecular formula is C13H17ClN8OS. The number of hydrogen-bond acceptors (Lipinski definition) is 8. The van der Waals surface area contributed by atoms with E-state index in [-0.39, 0.29) is 0 Å². The highest BCUT2D eigenvalue weighted by atomic mass is 35.5. The van der Waals surface area contributed by atoms with Gasteiger partial charge in [-0.15, -0.1) is 0 Å². The molecule has 1 aromatic carbocycles. The molecule has 0 aliphatic rings.